The van der Waals surface area contributed by atoms with Crippen LogP contribution in [0.25, 0.3) is 0 Å². The van der Waals surface area contributed by atoms with Crippen LogP contribution in [0.4, 0.5) is 5.69 Å². The predicted molar refractivity (Wildman–Crippen MR) is 98.2 cm³/mol. The van der Waals surface area contributed by atoms with E-state index in [-0.39, 0.29) is 38.5 Å². The van der Waals surface area contributed by atoms with Gasteiger partial charge in [0, 0.05) is 6.04 Å². The number of ether oxygens (including phenoxy) is 1. The Morgan fingerprint density at radius 1 is 1.16 bits per heavy atom. The lowest BCUT2D eigenvalue weighted by molar-refractivity contribution is -0.129. The first kappa shape index (κ1) is 20.1. The van der Waals surface area contributed by atoms with E-state index in [1.807, 2.05) is 0 Å². The highest BCUT2D eigenvalue weighted by Crippen LogP contribution is 2.34. The third-order valence-corrected chi connectivity index (χ3v) is 5.26. The third-order valence-electron chi connectivity index (χ3n) is 4.12. The second-order valence-corrected chi connectivity index (χ2v) is 7.15. The molecular formula is C16H20Cl3N3O3. The number of amides is 1. The summed E-state index contributed by atoms with van der Waals surface area (Å²) in [6.45, 7) is 1.48. The number of carbonyl (C=O) groups is 2. The van der Waals surface area contributed by atoms with Crippen LogP contribution in [0.3, 0.4) is 0 Å². The lowest BCUT2D eigenvalue weighted by atomic mass is 10.1. The number of nitrogens with one attached hydrogen (secondary N) is 1. The molecule has 1 amide bonds. The Labute approximate surface area is 161 Å². The van der Waals surface area contributed by atoms with E-state index in [9.17, 15) is 9.59 Å². The van der Waals surface area contributed by atoms with Crippen molar-refractivity contribution in [3.05, 3.63) is 20.9 Å². The van der Waals surface area contributed by atoms with Crippen LogP contribution in [-0.4, -0.2) is 29.0 Å². The summed E-state index contributed by atoms with van der Waals surface area (Å²) in [6.07, 6.45) is 5.40. The maximum Gasteiger partial charge on any atom is 0.359 e. The van der Waals surface area contributed by atoms with Gasteiger partial charge in [-0.25, -0.2) is 9.78 Å². The van der Waals surface area contributed by atoms with Crippen LogP contribution in [0.1, 0.15) is 55.9 Å². The lowest BCUT2D eigenvalue weighted by Gasteiger charge is -2.19. The number of aromatic nitrogens is 1. The lowest BCUT2D eigenvalue weighted by Crippen LogP contribution is -2.42. The van der Waals surface area contributed by atoms with Crippen molar-refractivity contribution >= 4 is 52.4 Å². The number of carbonyl (C=O) groups excluding carboxylic acids is 2. The Bertz CT molecular complexity index is 662. The van der Waals surface area contributed by atoms with E-state index in [1.54, 1.807) is 0 Å². The van der Waals surface area contributed by atoms with Gasteiger partial charge in [-0.2, -0.15) is 0 Å². The fraction of sp³-hybridized carbons (Fsp3) is 0.562. The van der Waals surface area contributed by atoms with Crippen LogP contribution >= 0.6 is 34.8 Å². The molecule has 0 unspecified atom stereocenters. The van der Waals surface area contributed by atoms with Crippen LogP contribution in [0.5, 0.6) is 0 Å². The van der Waals surface area contributed by atoms with Gasteiger partial charge in [-0.15, -0.1) is 0 Å². The van der Waals surface area contributed by atoms with E-state index < -0.39 is 12.1 Å². The summed E-state index contributed by atoms with van der Waals surface area (Å²) >= 11 is 17.6. The molecule has 2 rings (SSSR count). The smallest absolute Gasteiger partial charge is 0.359 e. The maximum atomic E-state index is 12.2. The second kappa shape index (κ2) is 8.92. The van der Waals surface area contributed by atoms with Crippen LogP contribution in [0.15, 0.2) is 0 Å². The number of nitrogen functional groups attached to an aromatic ring is 1. The third kappa shape index (κ3) is 5.12. The first-order valence-corrected chi connectivity index (χ1v) is 9.26. The molecule has 0 bridgehead atoms. The fourth-order valence-corrected chi connectivity index (χ4v) is 3.26. The molecule has 6 nitrogen and oxygen atoms in total. The molecule has 138 valence electrons. The zero-order valence-corrected chi connectivity index (χ0v) is 16.0. The van der Waals surface area contributed by atoms with E-state index in [1.165, 1.54) is 19.8 Å². The molecule has 1 aliphatic rings. The number of hydrogen-bond acceptors (Lipinski definition) is 5. The minimum absolute atomic E-state index is 0.0395. The van der Waals surface area contributed by atoms with Gasteiger partial charge in [-0.3, -0.25) is 4.79 Å². The number of nitrogens with two attached hydrogens (primary N) is 1. The zero-order chi connectivity index (χ0) is 18.6. The Hall–Kier alpha value is -1.24. The highest BCUT2D eigenvalue weighted by Gasteiger charge is 2.26. The summed E-state index contributed by atoms with van der Waals surface area (Å²) < 4.78 is 5.15. The van der Waals surface area contributed by atoms with E-state index in [4.69, 9.17) is 45.3 Å². The Morgan fingerprint density at radius 3 is 2.36 bits per heavy atom. The van der Waals surface area contributed by atoms with Crippen LogP contribution < -0.4 is 11.1 Å². The van der Waals surface area contributed by atoms with Crippen LogP contribution in [-0.2, 0) is 9.53 Å². The minimum atomic E-state index is -0.996. The standard InChI is InChI=1S/C16H20Cl3N3O3/c1-8(15(23)21-9-6-4-2-3-5-7-9)25-16(24)13-10(17)12(20)11(18)14(19)22-13/h8-9H,2-7H2,1H3,(H2,20,22)(H,21,23)/t8-/m0/s1. The van der Waals surface area contributed by atoms with Gasteiger partial charge < -0.3 is 15.8 Å². The summed E-state index contributed by atoms with van der Waals surface area (Å²) in [5, 5.41) is 2.56. The van der Waals surface area contributed by atoms with Gasteiger partial charge in [0.2, 0.25) is 0 Å². The van der Waals surface area contributed by atoms with E-state index in [2.05, 4.69) is 10.3 Å². The molecule has 9 heteroatoms. The molecule has 1 fully saturated rings. The highest BCUT2D eigenvalue weighted by atomic mass is 35.5. The maximum absolute atomic E-state index is 12.2. The van der Waals surface area contributed by atoms with Gasteiger partial charge in [0.1, 0.15) is 5.02 Å². The molecule has 25 heavy (non-hydrogen) atoms. The molecular weight excluding hydrogens is 389 g/mol. The van der Waals surface area contributed by atoms with Crippen molar-refractivity contribution in [1.29, 1.82) is 0 Å². The number of esters is 1. The molecule has 0 spiro atoms. The molecule has 0 saturated heterocycles. The summed E-state index contributed by atoms with van der Waals surface area (Å²) in [5.41, 5.74) is 5.34. The average molecular weight is 409 g/mol. The number of halogens is 3. The molecule has 1 saturated carbocycles. The number of rotatable bonds is 4. The molecule has 0 aromatic carbocycles. The summed E-state index contributed by atoms with van der Waals surface area (Å²) in [6, 6.07) is 0.110. The normalized spacial score (nSPS) is 16.8. The van der Waals surface area contributed by atoms with Gasteiger partial charge in [-0.1, -0.05) is 60.5 Å². The quantitative estimate of drug-likeness (QED) is 0.446. The first-order valence-electron chi connectivity index (χ1n) is 8.12. The summed E-state index contributed by atoms with van der Waals surface area (Å²) in [4.78, 5) is 28.3. The van der Waals surface area contributed by atoms with Crippen molar-refractivity contribution in [1.82, 2.24) is 10.3 Å². The Balaban J connectivity index is 2.01. The predicted octanol–water partition coefficient (Wildman–Crippen LogP) is 4.01. The minimum Gasteiger partial charge on any atom is -0.448 e. The zero-order valence-electron chi connectivity index (χ0n) is 13.8. The monoisotopic (exact) mass is 407 g/mol. The van der Waals surface area contributed by atoms with Crippen LogP contribution in [0.2, 0.25) is 15.2 Å². The van der Waals surface area contributed by atoms with E-state index in [0.717, 1.165) is 25.7 Å². The molecule has 0 aliphatic heterocycles. The number of hydrogen-bond donors (Lipinski definition) is 2. The van der Waals surface area contributed by atoms with E-state index >= 15 is 0 Å². The van der Waals surface area contributed by atoms with Crippen molar-refractivity contribution < 1.29 is 14.3 Å². The van der Waals surface area contributed by atoms with Crippen molar-refractivity contribution in [3.8, 4) is 0 Å². The molecule has 0 radical (unpaired) electrons. The van der Waals surface area contributed by atoms with Gasteiger partial charge in [0.15, 0.2) is 17.0 Å². The summed E-state index contributed by atoms with van der Waals surface area (Å²) in [7, 11) is 0. The SMILES string of the molecule is C[C@H](OC(=O)c1nc(Cl)c(Cl)c(N)c1Cl)C(=O)NC1CCCCCC1. The van der Waals surface area contributed by atoms with Crippen molar-refractivity contribution in [2.45, 2.75) is 57.6 Å². The highest BCUT2D eigenvalue weighted by molar-refractivity contribution is 6.46. The van der Waals surface area contributed by atoms with Crippen LogP contribution in [0, 0.1) is 0 Å². The summed E-state index contributed by atoms with van der Waals surface area (Å²) in [5.74, 6) is -1.25. The Kier molecular flexibility index (Phi) is 7.16. The van der Waals surface area contributed by atoms with Crippen molar-refractivity contribution in [2.75, 3.05) is 5.73 Å². The average Bonchev–Trinajstić information content (AvgIpc) is 2.84. The molecule has 3 N–H and O–H groups in total. The second-order valence-electron chi connectivity index (χ2n) is 6.04. The largest absolute Gasteiger partial charge is 0.448 e. The van der Waals surface area contributed by atoms with E-state index in [0.29, 0.717) is 0 Å². The first-order chi connectivity index (χ1) is 11.8. The number of anilines is 1. The molecule has 1 aromatic heterocycles. The van der Waals surface area contributed by atoms with Crippen molar-refractivity contribution in [3.63, 3.8) is 0 Å². The van der Waals surface area contributed by atoms with Gasteiger partial charge in [-0.05, 0) is 19.8 Å². The Morgan fingerprint density at radius 2 is 1.76 bits per heavy atom. The number of pyridine rings is 1. The van der Waals surface area contributed by atoms with Crippen molar-refractivity contribution in [2.24, 2.45) is 0 Å². The van der Waals surface area contributed by atoms with Gasteiger partial charge in [0.05, 0.1) is 10.7 Å². The van der Waals surface area contributed by atoms with Gasteiger partial charge in [0.25, 0.3) is 5.91 Å². The molecule has 1 aliphatic carbocycles. The fourth-order valence-electron chi connectivity index (χ4n) is 2.68. The topological polar surface area (TPSA) is 94.3 Å². The number of nitrogens with zero attached hydrogens (tertiary/aromatic N) is 1. The van der Waals surface area contributed by atoms with Gasteiger partial charge >= 0.3 is 5.97 Å². The molecule has 1 heterocycles. The molecule has 1 atom stereocenters. The molecule has 1 aromatic rings.